The van der Waals surface area contributed by atoms with E-state index in [9.17, 15) is 12.8 Å². The summed E-state index contributed by atoms with van der Waals surface area (Å²) in [5.41, 5.74) is 2.34. The van der Waals surface area contributed by atoms with E-state index in [1.165, 1.54) is 6.07 Å². The summed E-state index contributed by atoms with van der Waals surface area (Å²) in [4.78, 5) is 0.186. The van der Waals surface area contributed by atoms with Crippen LogP contribution in [0.3, 0.4) is 0 Å². The third-order valence-corrected chi connectivity index (χ3v) is 5.08. The lowest BCUT2D eigenvalue weighted by Gasteiger charge is -2.16. The van der Waals surface area contributed by atoms with Gasteiger partial charge in [-0.1, -0.05) is 17.7 Å². The van der Waals surface area contributed by atoms with Gasteiger partial charge in [0.2, 0.25) is 0 Å². The molecule has 0 aromatic heterocycles. The second kappa shape index (κ2) is 7.19. The van der Waals surface area contributed by atoms with Crippen LogP contribution in [-0.2, 0) is 10.0 Å². The molecule has 0 amide bonds. The highest BCUT2D eigenvalue weighted by Gasteiger charge is 2.21. The normalized spacial score (nSPS) is 11.4. The van der Waals surface area contributed by atoms with Gasteiger partial charge in [0, 0.05) is 6.07 Å². The number of aryl methyl sites for hydroxylation is 3. The molecule has 0 aliphatic rings. The molecule has 0 saturated carbocycles. The van der Waals surface area contributed by atoms with E-state index < -0.39 is 15.8 Å². The van der Waals surface area contributed by atoms with Gasteiger partial charge in [0.1, 0.15) is 18.2 Å². The maximum atomic E-state index is 13.4. The van der Waals surface area contributed by atoms with Gasteiger partial charge >= 0.3 is 0 Å². The van der Waals surface area contributed by atoms with E-state index in [1.54, 1.807) is 26.0 Å². The molecule has 2 rings (SSSR count). The van der Waals surface area contributed by atoms with Crippen LogP contribution < -0.4 is 9.46 Å². The van der Waals surface area contributed by atoms with Crippen LogP contribution in [0.25, 0.3) is 0 Å². The number of rotatable bonds is 6. The van der Waals surface area contributed by atoms with Gasteiger partial charge in [-0.25, -0.2) is 12.8 Å². The Labute approximate surface area is 141 Å². The van der Waals surface area contributed by atoms with Gasteiger partial charge in [0.05, 0.1) is 17.2 Å². The van der Waals surface area contributed by atoms with Crippen molar-refractivity contribution in [2.24, 2.45) is 0 Å². The molecular weight excluding hydrogens is 333 g/mol. The van der Waals surface area contributed by atoms with Crippen molar-refractivity contribution in [3.63, 3.8) is 0 Å². The smallest absolute Gasteiger partial charge is 0.262 e. The van der Waals surface area contributed by atoms with Crippen molar-refractivity contribution in [1.82, 2.24) is 0 Å². The minimum Gasteiger partial charge on any atom is -0.489 e. The number of nitrogens with one attached hydrogen (secondary N) is 1. The van der Waals surface area contributed by atoms with Gasteiger partial charge < -0.3 is 9.84 Å². The van der Waals surface area contributed by atoms with Crippen LogP contribution in [0.15, 0.2) is 35.2 Å². The zero-order valence-electron chi connectivity index (χ0n) is 13.8. The van der Waals surface area contributed by atoms with Crippen molar-refractivity contribution in [3.05, 3.63) is 52.8 Å². The zero-order chi connectivity index (χ0) is 17.9. The van der Waals surface area contributed by atoms with E-state index in [-0.39, 0.29) is 29.5 Å². The fraction of sp³-hybridized carbons (Fsp3) is 0.294. The van der Waals surface area contributed by atoms with Gasteiger partial charge in [-0.05, 0) is 44.0 Å². The fourth-order valence-corrected chi connectivity index (χ4v) is 4.17. The molecule has 0 atom stereocenters. The summed E-state index contributed by atoms with van der Waals surface area (Å²) in [6.45, 7) is 5.01. The quantitative estimate of drug-likeness (QED) is 0.837. The first-order chi connectivity index (χ1) is 11.2. The molecule has 2 aromatic carbocycles. The molecule has 2 aromatic rings. The summed E-state index contributed by atoms with van der Waals surface area (Å²) in [5.74, 6) is -0.538. The Morgan fingerprint density at radius 2 is 1.75 bits per heavy atom. The first kappa shape index (κ1) is 18.2. The summed E-state index contributed by atoms with van der Waals surface area (Å²) in [7, 11) is -3.87. The predicted molar refractivity (Wildman–Crippen MR) is 90.4 cm³/mol. The van der Waals surface area contributed by atoms with Gasteiger partial charge in [-0.15, -0.1) is 0 Å². The molecule has 2 N–H and O–H groups in total. The molecule has 130 valence electrons. The molecule has 0 aliphatic carbocycles. The number of anilines is 1. The summed E-state index contributed by atoms with van der Waals surface area (Å²) in [6, 6.07) is 7.07. The first-order valence-electron chi connectivity index (χ1n) is 7.38. The molecule has 0 heterocycles. The van der Waals surface area contributed by atoms with Crippen molar-refractivity contribution >= 4 is 15.7 Å². The number of aliphatic hydroxyl groups is 1. The van der Waals surface area contributed by atoms with Crippen molar-refractivity contribution in [2.45, 2.75) is 25.7 Å². The lowest BCUT2D eigenvalue weighted by atomic mass is 10.1. The Kier molecular flexibility index (Phi) is 5.46. The minimum absolute atomic E-state index is 0.0232. The number of aliphatic hydroxyl groups excluding tert-OH is 1. The number of halogens is 1. The van der Waals surface area contributed by atoms with E-state index in [0.717, 1.165) is 17.7 Å². The van der Waals surface area contributed by atoms with Gasteiger partial charge in [-0.2, -0.15) is 0 Å². The lowest BCUT2D eigenvalue weighted by molar-refractivity contribution is 0.201. The number of hydrogen-bond acceptors (Lipinski definition) is 4. The molecule has 0 fully saturated rings. The minimum atomic E-state index is -3.87. The third kappa shape index (κ3) is 4.04. The maximum Gasteiger partial charge on any atom is 0.262 e. The second-order valence-corrected chi connectivity index (χ2v) is 7.17. The van der Waals surface area contributed by atoms with Crippen LogP contribution in [0, 0.1) is 26.6 Å². The largest absolute Gasteiger partial charge is 0.489 e. The highest BCUT2D eigenvalue weighted by molar-refractivity contribution is 7.92. The molecule has 0 unspecified atom stereocenters. The zero-order valence-corrected chi connectivity index (χ0v) is 14.6. The van der Waals surface area contributed by atoms with Crippen molar-refractivity contribution in [3.8, 4) is 5.75 Å². The Morgan fingerprint density at radius 1 is 1.12 bits per heavy atom. The second-order valence-electron chi connectivity index (χ2n) is 5.55. The van der Waals surface area contributed by atoms with Gasteiger partial charge in [0.15, 0.2) is 0 Å². The van der Waals surface area contributed by atoms with Crippen LogP contribution in [0.4, 0.5) is 10.1 Å². The monoisotopic (exact) mass is 353 g/mol. The van der Waals surface area contributed by atoms with Crippen LogP contribution in [0.5, 0.6) is 5.75 Å². The fourth-order valence-electron chi connectivity index (χ4n) is 2.64. The van der Waals surface area contributed by atoms with Gasteiger partial charge in [-0.3, -0.25) is 4.72 Å². The van der Waals surface area contributed by atoms with Crippen molar-refractivity contribution in [1.29, 1.82) is 0 Å². The van der Waals surface area contributed by atoms with E-state index >= 15 is 0 Å². The predicted octanol–water partition coefficient (Wildman–Crippen LogP) is 2.92. The Hall–Kier alpha value is -2.12. The summed E-state index contributed by atoms with van der Waals surface area (Å²) >= 11 is 0. The van der Waals surface area contributed by atoms with Crippen LogP contribution >= 0.6 is 0 Å². The molecule has 24 heavy (non-hydrogen) atoms. The van der Waals surface area contributed by atoms with Crippen LogP contribution in [0.1, 0.15) is 16.7 Å². The number of ether oxygens (including phenoxy) is 1. The first-order valence-corrected chi connectivity index (χ1v) is 8.87. The van der Waals surface area contributed by atoms with Gasteiger partial charge in [0.25, 0.3) is 10.0 Å². The molecule has 0 radical (unpaired) electrons. The average Bonchev–Trinajstić information content (AvgIpc) is 2.45. The number of benzene rings is 2. The summed E-state index contributed by atoms with van der Waals surface area (Å²) in [5, 5.41) is 8.84. The summed E-state index contributed by atoms with van der Waals surface area (Å²) < 4.78 is 46.5. The van der Waals surface area contributed by atoms with E-state index in [0.29, 0.717) is 11.1 Å². The maximum absolute atomic E-state index is 13.4. The molecule has 5 nitrogen and oxygen atoms in total. The van der Waals surface area contributed by atoms with E-state index in [1.807, 2.05) is 6.92 Å². The molecule has 0 saturated heterocycles. The van der Waals surface area contributed by atoms with E-state index in [2.05, 4.69) is 4.72 Å². The number of hydrogen-bond donors (Lipinski definition) is 2. The summed E-state index contributed by atoms with van der Waals surface area (Å²) in [6.07, 6.45) is 0. The van der Waals surface area contributed by atoms with Crippen molar-refractivity contribution < 1.29 is 22.7 Å². The molecule has 7 heteroatoms. The standard InChI is InChI=1S/C17H20FNO4S/c1-11-8-12(2)17(13(3)9-11)24(21,22)19-15-5-4-14(18)10-16(15)23-7-6-20/h4-5,8-10,19-20H,6-7H2,1-3H3. The Balaban J connectivity index is 2.44. The average molecular weight is 353 g/mol. The van der Waals surface area contributed by atoms with E-state index in [4.69, 9.17) is 9.84 Å². The van der Waals surface area contributed by atoms with Crippen molar-refractivity contribution in [2.75, 3.05) is 17.9 Å². The Morgan fingerprint density at radius 3 is 2.33 bits per heavy atom. The van der Waals surface area contributed by atoms with Crippen LogP contribution in [-0.4, -0.2) is 26.7 Å². The molecule has 0 spiro atoms. The van der Waals surface area contributed by atoms with Crippen LogP contribution in [0.2, 0.25) is 0 Å². The third-order valence-electron chi connectivity index (χ3n) is 3.41. The SMILES string of the molecule is Cc1cc(C)c(S(=O)(=O)Nc2ccc(F)cc2OCCO)c(C)c1. The molecule has 0 aliphatic heterocycles. The Bertz CT molecular complexity index is 827. The number of sulfonamides is 1. The molecular formula is C17H20FNO4S. The highest BCUT2D eigenvalue weighted by Crippen LogP contribution is 2.30. The molecule has 0 bridgehead atoms. The highest BCUT2D eigenvalue weighted by atomic mass is 32.2. The topological polar surface area (TPSA) is 75.6 Å². The lowest BCUT2D eigenvalue weighted by Crippen LogP contribution is -2.17.